The van der Waals surface area contributed by atoms with E-state index in [0.717, 1.165) is 53.1 Å². The number of hydrogen-bond donors (Lipinski definition) is 0. The van der Waals surface area contributed by atoms with Gasteiger partial charge in [-0.1, -0.05) is 0 Å². The molecular weight excluding hydrogens is 172 g/mol. The number of ketones is 1. The van der Waals surface area contributed by atoms with Gasteiger partial charge in [0.2, 0.25) is 0 Å². The molecule has 0 heterocycles. The summed E-state index contributed by atoms with van der Waals surface area (Å²) < 4.78 is 0. The van der Waals surface area contributed by atoms with E-state index < -0.39 is 0 Å². The van der Waals surface area contributed by atoms with Gasteiger partial charge in [0.25, 0.3) is 0 Å². The fourth-order valence-corrected chi connectivity index (χ4v) is 7.67. The molecule has 7 saturated carbocycles. The standard InChI is InChI=1S/C13H14O/c14-13-7-3-1-4-8(13)6-2-5(7)11-9(3)10(4)12(6)11/h3-12H,1-2H2. The molecule has 6 bridgehead atoms. The van der Waals surface area contributed by atoms with E-state index >= 15 is 0 Å². The molecule has 0 saturated heterocycles. The van der Waals surface area contributed by atoms with Crippen molar-refractivity contribution in [2.45, 2.75) is 12.8 Å². The first-order valence-corrected chi connectivity index (χ1v) is 6.41. The first-order chi connectivity index (χ1) is 6.88. The van der Waals surface area contributed by atoms with E-state index in [9.17, 15) is 4.79 Å². The van der Waals surface area contributed by atoms with Gasteiger partial charge < -0.3 is 0 Å². The summed E-state index contributed by atoms with van der Waals surface area (Å²) in [6, 6.07) is 0. The predicted octanol–water partition coefficient (Wildman–Crippen LogP) is 1.58. The van der Waals surface area contributed by atoms with E-state index in [1.807, 2.05) is 0 Å². The lowest BCUT2D eigenvalue weighted by Crippen LogP contribution is -2.43. The zero-order valence-electron chi connectivity index (χ0n) is 8.10. The minimum atomic E-state index is 0.583. The molecule has 7 rings (SSSR count). The van der Waals surface area contributed by atoms with Gasteiger partial charge in [0.15, 0.2) is 0 Å². The first-order valence-electron chi connectivity index (χ1n) is 6.41. The summed E-state index contributed by atoms with van der Waals surface area (Å²) in [5.74, 6) is 9.71. The van der Waals surface area contributed by atoms with E-state index in [2.05, 4.69) is 0 Å². The summed E-state index contributed by atoms with van der Waals surface area (Å²) in [5.41, 5.74) is 0. The van der Waals surface area contributed by atoms with Crippen LogP contribution in [0.25, 0.3) is 0 Å². The van der Waals surface area contributed by atoms with E-state index in [-0.39, 0.29) is 0 Å². The van der Waals surface area contributed by atoms with Crippen molar-refractivity contribution in [3.05, 3.63) is 0 Å². The number of carbonyl (C=O) groups excluding carboxylic acids is 1. The zero-order chi connectivity index (χ0) is 8.77. The molecule has 0 amide bonds. The van der Waals surface area contributed by atoms with Gasteiger partial charge in [-0.3, -0.25) is 4.79 Å². The molecule has 0 radical (unpaired) electrons. The van der Waals surface area contributed by atoms with Gasteiger partial charge >= 0.3 is 0 Å². The molecule has 0 aromatic carbocycles. The van der Waals surface area contributed by atoms with E-state index in [1.165, 1.54) is 12.8 Å². The highest BCUT2D eigenvalue weighted by atomic mass is 16.1. The molecule has 1 heteroatoms. The maximum atomic E-state index is 12.4. The molecule has 0 spiro atoms. The lowest BCUT2D eigenvalue weighted by atomic mass is 9.60. The van der Waals surface area contributed by atoms with Crippen LogP contribution in [0.5, 0.6) is 0 Å². The molecule has 1 nitrogen and oxygen atoms in total. The third kappa shape index (κ3) is 0.328. The van der Waals surface area contributed by atoms with Crippen molar-refractivity contribution >= 4 is 5.78 Å². The van der Waals surface area contributed by atoms with Crippen molar-refractivity contribution in [2.75, 3.05) is 0 Å². The molecule has 14 heavy (non-hydrogen) atoms. The Morgan fingerprint density at radius 1 is 0.714 bits per heavy atom. The summed E-state index contributed by atoms with van der Waals surface area (Å²) in [5, 5.41) is 0. The van der Waals surface area contributed by atoms with Crippen LogP contribution in [0.15, 0.2) is 0 Å². The molecule has 72 valence electrons. The van der Waals surface area contributed by atoms with E-state index in [4.69, 9.17) is 0 Å². The Morgan fingerprint density at radius 2 is 1.07 bits per heavy atom. The Labute approximate surface area is 83.2 Å². The van der Waals surface area contributed by atoms with Crippen LogP contribution in [0.2, 0.25) is 0 Å². The van der Waals surface area contributed by atoms with Crippen LogP contribution in [0.4, 0.5) is 0 Å². The summed E-state index contributed by atoms with van der Waals surface area (Å²) >= 11 is 0. The molecule has 0 aliphatic heterocycles. The fourth-order valence-electron chi connectivity index (χ4n) is 7.67. The normalized spacial score (nSPS) is 83.3. The van der Waals surface area contributed by atoms with Gasteiger partial charge in [-0.2, -0.15) is 0 Å². The van der Waals surface area contributed by atoms with Gasteiger partial charge in [-0.15, -0.1) is 0 Å². The van der Waals surface area contributed by atoms with Crippen molar-refractivity contribution < 1.29 is 4.79 Å². The maximum absolute atomic E-state index is 12.4. The third-order valence-corrected chi connectivity index (χ3v) is 7.35. The number of carbonyl (C=O) groups is 1. The van der Waals surface area contributed by atoms with Crippen molar-refractivity contribution in [3.63, 3.8) is 0 Å². The average molecular weight is 186 g/mol. The lowest BCUT2D eigenvalue weighted by Gasteiger charge is -2.44. The highest BCUT2D eigenvalue weighted by Gasteiger charge is 2.84. The Kier molecular flexibility index (Phi) is 0.646. The van der Waals surface area contributed by atoms with Gasteiger partial charge in [-0.05, 0) is 60.2 Å². The molecule has 4 unspecified atom stereocenters. The highest BCUT2D eigenvalue weighted by Crippen LogP contribution is 2.85. The van der Waals surface area contributed by atoms with Crippen LogP contribution < -0.4 is 0 Å². The van der Waals surface area contributed by atoms with Gasteiger partial charge in [0.1, 0.15) is 5.78 Å². The molecule has 0 N–H and O–H groups in total. The van der Waals surface area contributed by atoms with Crippen molar-refractivity contribution in [3.8, 4) is 0 Å². The molecule has 7 aliphatic rings. The minimum Gasteiger partial charge on any atom is -0.299 e. The van der Waals surface area contributed by atoms with Crippen LogP contribution in [0.3, 0.4) is 0 Å². The van der Waals surface area contributed by atoms with Gasteiger partial charge in [-0.25, -0.2) is 0 Å². The SMILES string of the molecule is O=C1C2C3CC4C1C1CC2C2C3C4C12. The largest absolute Gasteiger partial charge is 0.299 e. The summed E-state index contributed by atoms with van der Waals surface area (Å²) in [7, 11) is 0. The Bertz CT molecular complexity index is 328. The number of hydrogen-bond acceptors (Lipinski definition) is 1. The minimum absolute atomic E-state index is 0.583. The third-order valence-electron chi connectivity index (χ3n) is 7.35. The zero-order valence-corrected chi connectivity index (χ0v) is 8.10. The summed E-state index contributed by atoms with van der Waals surface area (Å²) in [6.45, 7) is 0. The number of Topliss-reactive ketones (excluding diaryl/α,β-unsaturated/α-hetero) is 1. The molecule has 7 aliphatic carbocycles. The maximum Gasteiger partial charge on any atom is 0.140 e. The summed E-state index contributed by atoms with van der Waals surface area (Å²) in [6.07, 6.45) is 2.94. The second-order valence-corrected chi connectivity index (χ2v) is 6.89. The quantitative estimate of drug-likeness (QED) is 0.561. The number of rotatable bonds is 0. The highest BCUT2D eigenvalue weighted by molar-refractivity contribution is 5.89. The monoisotopic (exact) mass is 186 g/mol. The average Bonchev–Trinajstić information content (AvgIpc) is 2.54. The Morgan fingerprint density at radius 3 is 1.43 bits per heavy atom. The summed E-state index contributed by atoms with van der Waals surface area (Å²) in [4.78, 5) is 12.4. The van der Waals surface area contributed by atoms with Crippen molar-refractivity contribution in [2.24, 2.45) is 59.2 Å². The lowest BCUT2D eigenvalue weighted by molar-refractivity contribution is -0.137. The first kappa shape index (κ1) is 6.30. The van der Waals surface area contributed by atoms with Crippen LogP contribution in [0, 0.1) is 59.2 Å². The van der Waals surface area contributed by atoms with Crippen molar-refractivity contribution in [1.82, 2.24) is 0 Å². The second-order valence-electron chi connectivity index (χ2n) is 6.89. The molecule has 0 aromatic heterocycles. The molecule has 7 fully saturated rings. The van der Waals surface area contributed by atoms with Crippen LogP contribution in [-0.4, -0.2) is 5.78 Å². The van der Waals surface area contributed by atoms with Crippen LogP contribution in [-0.2, 0) is 4.79 Å². The van der Waals surface area contributed by atoms with E-state index in [0.29, 0.717) is 11.8 Å². The van der Waals surface area contributed by atoms with Crippen LogP contribution >= 0.6 is 0 Å². The topological polar surface area (TPSA) is 17.1 Å². The molecule has 4 atom stereocenters. The fraction of sp³-hybridized carbons (Fsp3) is 0.923. The van der Waals surface area contributed by atoms with Gasteiger partial charge in [0, 0.05) is 11.8 Å². The van der Waals surface area contributed by atoms with Crippen molar-refractivity contribution in [1.29, 1.82) is 0 Å². The Balaban J connectivity index is 1.80. The molecular formula is C13H14O. The smallest absolute Gasteiger partial charge is 0.140 e. The molecule has 0 aromatic rings. The Hall–Kier alpha value is -0.330. The second kappa shape index (κ2) is 1.44. The predicted molar refractivity (Wildman–Crippen MR) is 49.1 cm³/mol. The van der Waals surface area contributed by atoms with Gasteiger partial charge in [0.05, 0.1) is 0 Å². The van der Waals surface area contributed by atoms with E-state index in [1.54, 1.807) is 0 Å². The van der Waals surface area contributed by atoms with Crippen LogP contribution in [0.1, 0.15) is 12.8 Å².